The summed E-state index contributed by atoms with van der Waals surface area (Å²) < 4.78 is 5.32. The van der Waals surface area contributed by atoms with Gasteiger partial charge in [0.1, 0.15) is 0 Å². The summed E-state index contributed by atoms with van der Waals surface area (Å²) in [6.07, 6.45) is 3.42. The second-order valence-electron chi connectivity index (χ2n) is 5.76. The fourth-order valence-corrected chi connectivity index (χ4v) is 2.99. The standard InChI is InChI=1S/C14H23N5O2/c20-14(11-2-3-12-13(10-11)17-18-16-12)15-4-1-5-19-6-8-21-9-7-19/h11H,1-10H2,(H,15,20)(H,16,17,18). The van der Waals surface area contributed by atoms with Crippen molar-refractivity contribution < 1.29 is 9.53 Å². The van der Waals surface area contributed by atoms with E-state index in [1.807, 2.05) is 0 Å². The maximum atomic E-state index is 12.2. The van der Waals surface area contributed by atoms with Crippen LogP contribution in [0.15, 0.2) is 0 Å². The van der Waals surface area contributed by atoms with Gasteiger partial charge in [0.05, 0.1) is 24.6 Å². The fourth-order valence-electron chi connectivity index (χ4n) is 2.99. The van der Waals surface area contributed by atoms with Crippen LogP contribution in [0.25, 0.3) is 0 Å². The molecule has 0 bridgehead atoms. The number of carbonyl (C=O) groups is 1. The van der Waals surface area contributed by atoms with Gasteiger partial charge in [0, 0.05) is 32.0 Å². The number of hydrogen-bond acceptors (Lipinski definition) is 5. The quantitative estimate of drug-likeness (QED) is 0.731. The van der Waals surface area contributed by atoms with Crippen LogP contribution in [0, 0.1) is 5.92 Å². The SMILES string of the molecule is O=C(NCCCN1CCOCC1)C1CCc2n[nH]nc2C1. The molecule has 1 atom stereocenters. The van der Waals surface area contributed by atoms with Crippen LogP contribution in [-0.2, 0) is 22.4 Å². The third-order valence-corrected chi connectivity index (χ3v) is 4.30. The first kappa shape index (κ1) is 14.5. The van der Waals surface area contributed by atoms with Gasteiger partial charge in [-0.1, -0.05) is 0 Å². The Kier molecular flexibility index (Phi) is 4.82. The molecule has 116 valence electrons. The highest BCUT2D eigenvalue weighted by Gasteiger charge is 2.26. The Morgan fingerprint density at radius 3 is 3.00 bits per heavy atom. The van der Waals surface area contributed by atoms with Gasteiger partial charge in [-0.2, -0.15) is 15.4 Å². The summed E-state index contributed by atoms with van der Waals surface area (Å²) in [6.45, 7) is 5.44. The minimum absolute atomic E-state index is 0.0472. The number of aromatic amines is 1. The molecule has 2 aliphatic rings. The summed E-state index contributed by atoms with van der Waals surface area (Å²) in [6, 6.07) is 0. The van der Waals surface area contributed by atoms with Crippen LogP contribution in [0.3, 0.4) is 0 Å². The molecule has 7 nitrogen and oxygen atoms in total. The number of carbonyl (C=O) groups excluding carboxylic acids is 1. The van der Waals surface area contributed by atoms with Crippen molar-refractivity contribution in [3.05, 3.63) is 11.4 Å². The van der Waals surface area contributed by atoms with Crippen molar-refractivity contribution in [3.63, 3.8) is 0 Å². The van der Waals surface area contributed by atoms with E-state index in [0.717, 1.165) is 70.0 Å². The van der Waals surface area contributed by atoms with Gasteiger partial charge in [0.2, 0.25) is 5.91 Å². The van der Waals surface area contributed by atoms with Crippen molar-refractivity contribution in [2.75, 3.05) is 39.4 Å². The Morgan fingerprint density at radius 1 is 1.33 bits per heavy atom. The summed E-state index contributed by atoms with van der Waals surface area (Å²) in [5.41, 5.74) is 1.97. The van der Waals surface area contributed by atoms with Crippen LogP contribution in [0.1, 0.15) is 24.2 Å². The number of aromatic nitrogens is 3. The first-order valence-electron chi connectivity index (χ1n) is 7.79. The maximum absolute atomic E-state index is 12.2. The molecule has 1 aromatic heterocycles. The average molecular weight is 293 g/mol. The summed E-state index contributed by atoms with van der Waals surface area (Å²) in [5.74, 6) is 0.205. The molecule has 0 saturated carbocycles. The smallest absolute Gasteiger partial charge is 0.223 e. The van der Waals surface area contributed by atoms with Crippen LogP contribution >= 0.6 is 0 Å². The first-order valence-corrected chi connectivity index (χ1v) is 7.79. The summed E-state index contributed by atoms with van der Waals surface area (Å²) in [4.78, 5) is 14.6. The third kappa shape index (κ3) is 3.79. The molecule has 2 heterocycles. The lowest BCUT2D eigenvalue weighted by atomic mass is 9.89. The van der Waals surface area contributed by atoms with Crippen molar-refractivity contribution in [3.8, 4) is 0 Å². The minimum Gasteiger partial charge on any atom is -0.379 e. The van der Waals surface area contributed by atoms with E-state index in [4.69, 9.17) is 4.74 Å². The van der Waals surface area contributed by atoms with Gasteiger partial charge in [0.15, 0.2) is 0 Å². The van der Waals surface area contributed by atoms with Crippen LogP contribution in [0.2, 0.25) is 0 Å². The largest absolute Gasteiger partial charge is 0.379 e. The van der Waals surface area contributed by atoms with Crippen LogP contribution in [0.4, 0.5) is 0 Å². The molecule has 1 aliphatic heterocycles. The van der Waals surface area contributed by atoms with Gasteiger partial charge in [-0.05, 0) is 25.8 Å². The van der Waals surface area contributed by atoms with Gasteiger partial charge in [0.25, 0.3) is 0 Å². The number of fused-ring (bicyclic) bond motifs is 1. The second-order valence-corrected chi connectivity index (χ2v) is 5.76. The Bertz CT molecular complexity index is 470. The van der Waals surface area contributed by atoms with E-state index < -0.39 is 0 Å². The molecule has 1 unspecified atom stereocenters. The van der Waals surface area contributed by atoms with Crippen LogP contribution in [-0.4, -0.2) is 65.6 Å². The molecule has 21 heavy (non-hydrogen) atoms. The highest BCUT2D eigenvalue weighted by molar-refractivity contribution is 5.79. The van der Waals surface area contributed by atoms with Crippen LogP contribution < -0.4 is 5.32 Å². The zero-order chi connectivity index (χ0) is 14.5. The summed E-state index contributed by atoms with van der Waals surface area (Å²) in [5, 5.41) is 13.9. The number of nitrogens with zero attached hydrogens (tertiary/aromatic N) is 3. The number of rotatable bonds is 5. The van der Waals surface area contributed by atoms with Gasteiger partial charge in [-0.3, -0.25) is 9.69 Å². The summed E-state index contributed by atoms with van der Waals surface area (Å²) >= 11 is 0. The molecular formula is C14H23N5O2. The number of aryl methyl sites for hydroxylation is 1. The lowest BCUT2D eigenvalue weighted by molar-refractivity contribution is -0.125. The normalized spacial score (nSPS) is 22.8. The Hall–Kier alpha value is -1.47. The topological polar surface area (TPSA) is 83.1 Å². The van der Waals surface area contributed by atoms with Crippen molar-refractivity contribution in [1.29, 1.82) is 0 Å². The van der Waals surface area contributed by atoms with E-state index in [2.05, 4.69) is 25.6 Å². The maximum Gasteiger partial charge on any atom is 0.223 e. The lowest BCUT2D eigenvalue weighted by Gasteiger charge is -2.26. The number of hydrogen-bond donors (Lipinski definition) is 2. The molecule has 3 rings (SSSR count). The van der Waals surface area contributed by atoms with Crippen LogP contribution in [0.5, 0.6) is 0 Å². The minimum atomic E-state index is 0.0472. The number of nitrogens with one attached hydrogen (secondary N) is 2. The molecule has 7 heteroatoms. The molecule has 0 radical (unpaired) electrons. The van der Waals surface area contributed by atoms with Gasteiger partial charge in [-0.25, -0.2) is 0 Å². The van der Waals surface area contributed by atoms with E-state index in [-0.39, 0.29) is 11.8 Å². The molecule has 1 aliphatic carbocycles. The van der Waals surface area contributed by atoms with Gasteiger partial charge in [-0.15, -0.1) is 0 Å². The van der Waals surface area contributed by atoms with Crippen molar-refractivity contribution in [2.24, 2.45) is 5.92 Å². The molecule has 0 aromatic carbocycles. The number of morpholine rings is 1. The van der Waals surface area contributed by atoms with E-state index in [0.29, 0.717) is 6.42 Å². The molecule has 1 aromatic rings. The molecule has 1 fully saturated rings. The van der Waals surface area contributed by atoms with Crippen molar-refractivity contribution >= 4 is 5.91 Å². The molecule has 1 amide bonds. The third-order valence-electron chi connectivity index (χ3n) is 4.30. The fraction of sp³-hybridized carbons (Fsp3) is 0.786. The van der Waals surface area contributed by atoms with E-state index in [1.165, 1.54) is 0 Å². The Labute approximate surface area is 124 Å². The zero-order valence-corrected chi connectivity index (χ0v) is 12.3. The van der Waals surface area contributed by atoms with Gasteiger partial charge < -0.3 is 10.1 Å². The molecular weight excluding hydrogens is 270 g/mol. The van der Waals surface area contributed by atoms with Crippen molar-refractivity contribution in [1.82, 2.24) is 25.6 Å². The predicted octanol–water partition coefficient (Wildman–Crippen LogP) is -0.252. The number of amides is 1. The Morgan fingerprint density at radius 2 is 2.14 bits per heavy atom. The van der Waals surface area contributed by atoms with Crippen molar-refractivity contribution in [2.45, 2.75) is 25.7 Å². The molecule has 0 spiro atoms. The summed E-state index contributed by atoms with van der Waals surface area (Å²) in [7, 11) is 0. The lowest BCUT2D eigenvalue weighted by Crippen LogP contribution is -2.39. The number of ether oxygens (including phenoxy) is 1. The zero-order valence-electron chi connectivity index (χ0n) is 12.3. The molecule has 2 N–H and O–H groups in total. The van der Waals surface area contributed by atoms with E-state index in [9.17, 15) is 4.79 Å². The molecule has 1 saturated heterocycles. The van der Waals surface area contributed by atoms with E-state index >= 15 is 0 Å². The van der Waals surface area contributed by atoms with Gasteiger partial charge >= 0.3 is 0 Å². The average Bonchev–Trinajstić information content (AvgIpc) is 3.00. The first-order chi connectivity index (χ1) is 10.3. The monoisotopic (exact) mass is 293 g/mol. The highest BCUT2D eigenvalue weighted by Crippen LogP contribution is 2.22. The van der Waals surface area contributed by atoms with E-state index in [1.54, 1.807) is 0 Å². The number of H-pyrrole nitrogens is 1. The second kappa shape index (κ2) is 7.00. The predicted molar refractivity (Wildman–Crippen MR) is 76.8 cm³/mol. The highest BCUT2D eigenvalue weighted by atomic mass is 16.5. The Balaban J connectivity index is 1.35.